The smallest absolute Gasteiger partial charge is 0.0601 e. The number of nitrogens with zero attached hydrogens (tertiary/aromatic N) is 1. The molecular weight excluding hydrogens is 200 g/mol. The van der Waals surface area contributed by atoms with E-state index in [2.05, 4.69) is 17.1 Å². The van der Waals surface area contributed by atoms with Crippen LogP contribution in [-0.2, 0) is 4.74 Å². The maximum absolute atomic E-state index is 5.32. The van der Waals surface area contributed by atoms with Gasteiger partial charge in [0.25, 0.3) is 0 Å². The molecule has 1 saturated carbocycles. The van der Waals surface area contributed by atoms with Gasteiger partial charge in [-0.3, -0.25) is 0 Å². The molecule has 1 unspecified atom stereocenters. The predicted octanol–water partition coefficient (Wildman–Crippen LogP) is 1.63. The van der Waals surface area contributed by atoms with Crippen molar-refractivity contribution in [3.8, 4) is 0 Å². The Bertz CT molecular complexity index is 204. The maximum Gasteiger partial charge on any atom is 0.0601 e. The Balaban J connectivity index is 1.66. The average Bonchev–Trinajstić information content (AvgIpc) is 2.47. The van der Waals surface area contributed by atoms with Crippen LogP contribution in [0.1, 0.15) is 39.0 Å². The van der Waals surface area contributed by atoms with Gasteiger partial charge in [0.1, 0.15) is 0 Å². The summed E-state index contributed by atoms with van der Waals surface area (Å²) in [6.45, 7) is 6.04. The summed E-state index contributed by atoms with van der Waals surface area (Å²) in [6, 6.07) is 1.47. The van der Waals surface area contributed by atoms with Gasteiger partial charge in [0.15, 0.2) is 0 Å². The first-order valence-corrected chi connectivity index (χ1v) is 6.83. The van der Waals surface area contributed by atoms with E-state index in [4.69, 9.17) is 4.74 Å². The average molecular weight is 226 g/mol. The fourth-order valence-corrected chi connectivity index (χ4v) is 2.87. The van der Waals surface area contributed by atoms with E-state index in [-0.39, 0.29) is 0 Å². The van der Waals surface area contributed by atoms with Crippen LogP contribution in [0.5, 0.6) is 0 Å². The van der Waals surface area contributed by atoms with Crippen molar-refractivity contribution in [2.24, 2.45) is 0 Å². The van der Waals surface area contributed by atoms with E-state index in [0.717, 1.165) is 12.1 Å². The van der Waals surface area contributed by atoms with Crippen molar-refractivity contribution < 1.29 is 4.74 Å². The minimum atomic E-state index is 0.524. The zero-order valence-corrected chi connectivity index (χ0v) is 10.7. The summed E-state index contributed by atoms with van der Waals surface area (Å²) in [4.78, 5) is 2.57. The van der Waals surface area contributed by atoms with E-state index < -0.39 is 0 Å². The third-order valence-corrected chi connectivity index (χ3v) is 4.17. The van der Waals surface area contributed by atoms with Gasteiger partial charge in [-0.25, -0.2) is 0 Å². The van der Waals surface area contributed by atoms with Crippen LogP contribution in [0.15, 0.2) is 0 Å². The maximum atomic E-state index is 5.32. The minimum Gasteiger partial charge on any atom is -0.381 e. The first-order valence-electron chi connectivity index (χ1n) is 6.83. The Morgan fingerprint density at radius 1 is 1.19 bits per heavy atom. The highest BCUT2D eigenvalue weighted by Gasteiger charge is 2.30. The molecule has 94 valence electrons. The van der Waals surface area contributed by atoms with Crippen LogP contribution in [-0.4, -0.2) is 49.8 Å². The molecule has 1 saturated heterocycles. The van der Waals surface area contributed by atoms with Crippen molar-refractivity contribution in [1.82, 2.24) is 10.2 Å². The molecule has 1 aliphatic carbocycles. The molecule has 1 atom stereocenters. The highest BCUT2D eigenvalue weighted by atomic mass is 16.5. The molecule has 2 fully saturated rings. The van der Waals surface area contributed by atoms with Crippen molar-refractivity contribution in [1.29, 1.82) is 0 Å². The predicted molar refractivity (Wildman–Crippen MR) is 66.7 cm³/mol. The number of nitrogens with one attached hydrogen (secondary N) is 1. The molecule has 3 nitrogen and oxygen atoms in total. The summed E-state index contributed by atoms with van der Waals surface area (Å²) in [5.74, 6) is 0. The molecule has 0 radical (unpaired) electrons. The SMILES string of the molecule is CCN1CCCC(NC2CC(OC)C2)CC1. The van der Waals surface area contributed by atoms with Crippen molar-refractivity contribution in [3.05, 3.63) is 0 Å². The van der Waals surface area contributed by atoms with Crippen LogP contribution in [0.4, 0.5) is 0 Å². The summed E-state index contributed by atoms with van der Waals surface area (Å²) in [5.41, 5.74) is 0. The molecule has 0 bridgehead atoms. The van der Waals surface area contributed by atoms with Crippen LogP contribution in [0.2, 0.25) is 0 Å². The molecule has 2 rings (SSSR count). The second-order valence-electron chi connectivity index (χ2n) is 5.25. The van der Waals surface area contributed by atoms with Gasteiger partial charge in [-0.15, -0.1) is 0 Å². The Morgan fingerprint density at radius 2 is 2.00 bits per heavy atom. The van der Waals surface area contributed by atoms with Gasteiger partial charge < -0.3 is 15.0 Å². The van der Waals surface area contributed by atoms with Gasteiger partial charge in [-0.05, 0) is 51.7 Å². The molecule has 1 heterocycles. The van der Waals surface area contributed by atoms with Gasteiger partial charge in [-0.1, -0.05) is 6.92 Å². The van der Waals surface area contributed by atoms with Crippen LogP contribution in [0.3, 0.4) is 0 Å². The topological polar surface area (TPSA) is 24.5 Å². The zero-order chi connectivity index (χ0) is 11.4. The quantitative estimate of drug-likeness (QED) is 0.788. The van der Waals surface area contributed by atoms with Gasteiger partial charge in [0, 0.05) is 19.2 Å². The van der Waals surface area contributed by atoms with Crippen LogP contribution < -0.4 is 5.32 Å². The third kappa shape index (κ3) is 3.19. The fraction of sp³-hybridized carbons (Fsp3) is 1.00. The van der Waals surface area contributed by atoms with E-state index in [0.29, 0.717) is 6.10 Å². The van der Waals surface area contributed by atoms with Gasteiger partial charge in [-0.2, -0.15) is 0 Å². The standard InChI is InChI=1S/C13H26N2O/c1-3-15-7-4-5-11(6-8-15)14-12-9-13(10-12)16-2/h11-14H,3-10H2,1-2H3. The highest BCUT2D eigenvalue weighted by Crippen LogP contribution is 2.24. The molecule has 0 amide bonds. The Morgan fingerprint density at radius 3 is 2.69 bits per heavy atom. The fourth-order valence-electron chi connectivity index (χ4n) is 2.87. The molecule has 0 aromatic rings. The highest BCUT2D eigenvalue weighted by molar-refractivity contribution is 4.89. The Kier molecular flexibility index (Phi) is 4.62. The lowest BCUT2D eigenvalue weighted by molar-refractivity contribution is 0.0137. The zero-order valence-electron chi connectivity index (χ0n) is 10.7. The number of ether oxygens (including phenoxy) is 1. The van der Waals surface area contributed by atoms with Gasteiger partial charge in [0.05, 0.1) is 6.10 Å². The van der Waals surface area contributed by atoms with E-state index in [1.54, 1.807) is 0 Å². The lowest BCUT2D eigenvalue weighted by atomic mass is 9.88. The lowest BCUT2D eigenvalue weighted by Gasteiger charge is -2.37. The van der Waals surface area contributed by atoms with Gasteiger partial charge >= 0.3 is 0 Å². The number of methoxy groups -OCH3 is 1. The Hall–Kier alpha value is -0.120. The van der Waals surface area contributed by atoms with Crippen molar-refractivity contribution in [2.75, 3.05) is 26.7 Å². The van der Waals surface area contributed by atoms with E-state index in [1.165, 1.54) is 51.7 Å². The normalized spacial score (nSPS) is 36.8. The molecular formula is C13H26N2O. The first-order chi connectivity index (χ1) is 7.81. The summed E-state index contributed by atoms with van der Waals surface area (Å²) in [6.07, 6.45) is 6.98. The van der Waals surface area contributed by atoms with Gasteiger partial charge in [0.2, 0.25) is 0 Å². The number of rotatable bonds is 4. The lowest BCUT2D eigenvalue weighted by Crippen LogP contribution is -2.49. The molecule has 1 aliphatic heterocycles. The van der Waals surface area contributed by atoms with Crippen molar-refractivity contribution >= 4 is 0 Å². The van der Waals surface area contributed by atoms with E-state index in [1.807, 2.05) is 7.11 Å². The number of hydrogen-bond acceptors (Lipinski definition) is 3. The largest absolute Gasteiger partial charge is 0.381 e. The monoisotopic (exact) mass is 226 g/mol. The molecule has 0 aromatic heterocycles. The molecule has 0 spiro atoms. The molecule has 1 N–H and O–H groups in total. The van der Waals surface area contributed by atoms with Crippen LogP contribution in [0, 0.1) is 0 Å². The molecule has 2 aliphatic rings. The summed E-state index contributed by atoms with van der Waals surface area (Å²) >= 11 is 0. The second kappa shape index (κ2) is 5.99. The van der Waals surface area contributed by atoms with Crippen molar-refractivity contribution in [3.63, 3.8) is 0 Å². The Labute approximate surface area is 99.5 Å². The van der Waals surface area contributed by atoms with E-state index in [9.17, 15) is 0 Å². The minimum absolute atomic E-state index is 0.524. The number of hydrogen-bond donors (Lipinski definition) is 1. The molecule has 3 heteroatoms. The van der Waals surface area contributed by atoms with Crippen LogP contribution in [0.25, 0.3) is 0 Å². The van der Waals surface area contributed by atoms with E-state index >= 15 is 0 Å². The summed E-state index contributed by atoms with van der Waals surface area (Å²) < 4.78 is 5.32. The third-order valence-electron chi connectivity index (χ3n) is 4.17. The van der Waals surface area contributed by atoms with Crippen molar-refractivity contribution in [2.45, 2.75) is 57.2 Å². The number of likely N-dealkylation sites (tertiary alicyclic amines) is 1. The summed E-state index contributed by atoms with van der Waals surface area (Å²) in [7, 11) is 1.83. The summed E-state index contributed by atoms with van der Waals surface area (Å²) in [5, 5.41) is 3.80. The first kappa shape index (κ1) is 12.3. The van der Waals surface area contributed by atoms with Crippen LogP contribution >= 0.6 is 0 Å². The second-order valence-corrected chi connectivity index (χ2v) is 5.25. The molecule has 16 heavy (non-hydrogen) atoms. The molecule has 0 aromatic carbocycles.